The summed E-state index contributed by atoms with van der Waals surface area (Å²) < 4.78 is 4.82. The van der Waals surface area contributed by atoms with E-state index in [1.807, 2.05) is 0 Å². The van der Waals surface area contributed by atoms with Gasteiger partial charge in [-0.05, 0) is 31.2 Å². The zero-order valence-electron chi connectivity index (χ0n) is 9.14. The molecule has 6 nitrogen and oxygen atoms in total. The van der Waals surface area contributed by atoms with Crippen molar-refractivity contribution in [1.29, 1.82) is 0 Å². The molecular weight excluding hydrogens is 210 g/mol. The van der Waals surface area contributed by atoms with Crippen molar-refractivity contribution in [3.8, 4) is 0 Å². The van der Waals surface area contributed by atoms with Crippen LogP contribution >= 0.6 is 0 Å². The molecule has 0 aliphatic carbocycles. The Morgan fingerprint density at radius 1 is 1.50 bits per heavy atom. The van der Waals surface area contributed by atoms with Gasteiger partial charge in [-0.1, -0.05) is 0 Å². The maximum atomic E-state index is 11.3. The van der Waals surface area contributed by atoms with Gasteiger partial charge in [0.05, 0.1) is 17.4 Å². The molecule has 0 aliphatic heterocycles. The van der Waals surface area contributed by atoms with Crippen molar-refractivity contribution in [3.63, 3.8) is 0 Å². The average molecular weight is 223 g/mol. The molecule has 0 aliphatic rings. The van der Waals surface area contributed by atoms with Crippen LogP contribution < -0.4 is 5.43 Å². The Morgan fingerprint density at radius 3 is 2.62 bits per heavy atom. The highest BCUT2D eigenvalue weighted by atomic mass is 16.5. The van der Waals surface area contributed by atoms with Gasteiger partial charge in [0.1, 0.15) is 12.7 Å². The third-order valence-corrected chi connectivity index (χ3v) is 1.72. The van der Waals surface area contributed by atoms with E-state index in [2.05, 4.69) is 10.6 Å². The van der Waals surface area contributed by atoms with E-state index in [-0.39, 0.29) is 5.97 Å². The molecule has 86 valence electrons. The summed E-state index contributed by atoms with van der Waals surface area (Å²) in [6.45, 7) is 2.09. The Balaban J connectivity index is 2.68. The molecule has 0 amide bonds. The molecule has 0 atom stereocenters. The van der Waals surface area contributed by atoms with E-state index < -0.39 is 0 Å². The highest BCUT2D eigenvalue weighted by molar-refractivity contribution is 5.89. The second-order valence-electron chi connectivity index (χ2n) is 2.97. The third-order valence-electron chi connectivity index (χ3n) is 1.72. The first-order valence-electron chi connectivity index (χ1n) is 4.78. The van der Waals surface area contributed by atoms with Crippen molar-refractivity contribution in [2.45, 2.75) is 6.92 Å². The fraction of sp³-hybridized carbons (Fsp3) is 0.300. The van der Waals surface area contributed by atoms with Crippen LogP contribution in [0.25, 0.3) is 0 Å². The van der Waals surface area contributed by atoms with Crippen LogP contribution in [0.1, 0.15) is 17.3 Å². The Morgan fingerprint density at radius 2 is 2.12 bits per heavy atom. The first kappa shape index (κ1) is 12.0. The quantitative estimate of drug-likeness (QED) is 0.365. The Labute approximate surface area is 93.1 Å². The molecule has 0 spiro atoms. The first-order chi connectivity index (χ1) is 7.63. The van der Waals surface area contributed by atoms with Crippen LogP contribution in [-0.4, -0.2) is 24.5 Å². The number of anilines is 1. The normalized spacial score (nSPS) is 11.0. The summed E-state index contributed by atoms with van der Waals surface area (Å²) in [5.74, 6) is -0.369. The van der Waals surface area contributed by atoms with Gasteiger partial charge in [-0.2, -0.15) is 4.86 Å². The summed E-state index contributed by atoms with van der Waals surface area (Å²) in [5.41, 5.74) is 3.61. The van der Waals surface area contributed by atoms with E-state index in [1.165, 1.54) is 7.05 Å². The average Bonchev–Trinajstić information content (AvgIpc) is 2.27. The van der Waals surface area contributed by atoms with Gasteiger partial charge < -0.3 is 9.94 Å². The predicted octanol–water partition coefficient (Wildman–Crippen LogP) is 1.78. The van der Waals surface area contributed by atoms with Crippen molar-refractivity contribution in [2.75, 3.05) is 19.1 Å². The molecule has 1 rings (SSSR count). The molecule has 0 saturated heterocycles. The van der Waals surface area contributed by atoms with Gasteiger partial charge in [0, 0.05) is 0 Å². The summed E-state index contributed by atoms with van der Waals surface area (Å²) in [6, 6.07) is 6.47. The zero-order chi connectivity index (χ0) is 12.0. The Hall–Kier alpha value is -2.11. The number of hydroxylamine groups is 1. The Kier molecular flexibility index (Phi) is 4.26. The summed E-state index contributed by atoms with van der Waals surface area (Å²) in [4.78, 5) is 11.7. The number of esters is 1. The molecular formula is C10H13N3O3. The largest absolute Gasteiger partial charge is 0.696 e. The molecule has 1 aromatic carbocycles. The van der Waals surface area contributed by atoms with Crippen molar-refractivity contribution < 1.29 is 14.4 Å². The molecule has 0 bridgehead atoms. The van der Waals surface area contributed by atoms with Gasteiger partial charge in [-0.3, -0.25) is 0 Å². The van der Waals surface area contributed by atoms with Gasteiger partial charge in [0.2, 0.25) is 0 Å². The second-order valence-corrected chi connectivity index (χ2v) is 2.97. The maximum Gasteiger partial charge on any atom is 0.338 e. The lowest BCUT2D eigenvalue weighted by Crippen LogP contribution is -2.04. The van der Waals surface area contributed by atoms with Gasteiger partial charge in [-0.15, -0.1) is 5.43 Å². The fourth-order valence-electron chi connectivity index (χ4n) is 1.02. The predicted molar refractivity (Wildman–Crippen MR) is 58.0 cm³/mol. The molecule has 1 aromatic rings. The monoisotopic (exact) mass is 223 g/mol. The van der Waals surface area contributed by atoms with Crippen LogP contribution in [0.2, 0.25) is 0 Å². The topological polar surface area (TPSA) is 76.8 Å². The summed E-state index contributed by atoms with van der Waals surface area (Å²) in [7, 11) is 1.26. The molecule has 0 radical (unpaired) electrons. The number of nitrogens with one attached hydrogen (secondary N) is 1. The van der Waals surface area contributed by atoms with E-state index in [4.69, 9.17) is 4.74 Å². The van der Waals surface area contributed by atoms with Gasteiger partial charge in [0.15, 0.2) is 0 Å². The van der Waals surface area contributed by atoms with Crippen molar-refractivity contribution in [1.82, 2.24) is 0 Å². The summed E-state index contributed by atoms with van der Waals surface area (Å²) >= 11 is 0. The first-order valence-corrected chi connectivity index (χ1v) is 4.78. The number of hydrogen-bond acceptors (Lipinski definition) is 4. The van der Waals surface area contributed by atoms with E-state index in [0.717, 1.165) is 0 Å². The maximum absolute atomic E-state index is 11.3. The van der Waals surface area contributed by atoms with Crippen LogP contribution in [0, 0.1) is 5.21 Å². The fourth-order valence-corrected chi connectivity index (χ4v) is 1.02. The molecule has 0 heterocycles. The SMILES string of the molecule is CCOC(=O)c1ccc(N/N=[N+](\C)[O-])cc1. The molecule has 1 N–H and O–H groups in total. The molecule has 0 saturated carbocycles. The molecule has 16 heavy (non-hydrogen) atoms. The van der Waals surface area contributed by atoms with E-state index in [9.17, 15) is 10.0 Å². The smallest absolute Gasteiger partial charge is 0.338 e. The van der Waals surface area contributed by atoms with Crippen LogP contribution in [0.5, 0.6) is 0 Å². The van der Waals surface area contributed by atoms with Gasteiger partial charge in [-0.25, -0.2) is 4.79 Å². The lowest BCUT2D eigenvalue weighted by molar-refractivity contribution is -0.497. The lowest BCUT2D eigenvalue weighted by atomic mass is 10.2. The van der Waals surface area contributed by atoms with Crippen molar-refractivity contribution >= 4 is 11.7 Å². The number of benzene rings is 1. The molecule has 6 heteroatoms. The van der Waals surface area contributed by atoms with Crippen molar-refractivity contribution in [3.05, 3.63) is 35.0 Å². The molecule has 0 aromatic heterocycles. The van der Waals surface area contributed by atoms with Gasteiger partial charge >= 0.3 is 5.97 Å². The summed E-state index contributed by atoms with van der Waals surface area (Å²) in [6.07, 6.45) is 0. The second kappa shape index (κ2) is 5.69. The van der Waals surface area contributed by atoms with Crippen LogP contribution in [0.15, 0.2) is 29.5 Å². The highest BCUT2D eigenvalue weighted by Gasteiger charge is 2.06. The number of rotatable bonds is 4. The lowest BCUT2D eigenvalue weighted by Gasteiger charge is -2.01. The van der Waals surface area contributed by atoms with E-state index in [0.29, 0.717) is 22.7 Å². The summed E-state index contributed by atoms with van der Waals surface area (Å²) in [5, 5.41) is 13.9. The minimum Gasteiger partial charge on any atom is -0.696 e. The van der Waals surface area contributed by atoms with E-state index in [1.54, 1.807) is 31.2 Å². The standard InChI is InChI=1S/C10H13N3O3/c1-3-16-10(14)8-4-6-9(7-5-8)11-12-13(2)15/h4-7,11H,3H2,1-2H3/b13-12+. The van der Waals surface area contributed by atoms with E-state index >= 15 is 0 Å². The minimum atomic E-state index is -0.369. The number of ether oxygens (including phenoxy) is 1. The Bertz CT molecular complexity index is 383. The highest BCUT2D eigenvalue weighted by Crippen LogP contribution is 2.10. The number of hydrogen-bond donors (Lipinski definition) is 1. The number of carbonyl (C=O) groups is 1. The zero-order valence-corrected chi connectivity index (χ0v) is 9.14. The van der Waals surface area contributed by atoms with Crippen LogP contribution in [-0.2, 0) is 4.74 Å². The van der Waals surface area contributed by atoms with Crippen LogP contribution in [0.4, 0.5) is 5.69 Å². The van der Waals surface area contributed by atoms with Gasteiger partial charge in [0.25, 0.3) is 0 Å². The molecule has 0 unspecified atom stereocenters. The molecule has 0 fully saturated rings. The minimum absolute atomic E-state index is 0.342. The third kappa shape index (κ3) is 3.56. The van der Waals surface area contributed by atoms with Crippen molar-refractivity contribution in [2.24, 2.45) is 5.22 Å². The number of nitrogens with zero attached hydrogens (tertiary/aromatic N) is 2. The number of carbonyl (C=O) groups excluding carboxylic acids is 1. The van der Waals surface area contributed by atoms with Crippen LogP contribution in [0.3, 0.4) is 0 Å².